The fraction of sp³-hybridized carbons (Fsp3) is 0.600. The molecule has 144 valence electrons. The lowest BCUT2D eigenvalue weighted by Crippen LogP contribution is -2.69. The van der Waals surface area contributed by atoms with Gasteiger partial charge >= 0.3 is 0 Å². The maximum atomic E-state index is 11.9. The average Bonchev–Trinajstić information content (AvgIpc) is 2.63. The Bertz CT molecular complexity index is 642. The molecule has 26 heavy (non-hydrogen) atoms. The number of benzene rings is 1. The van der Waals surface area contributed by atoms with Crippen LogP contribution in [0.15, 0.2) is 35.3 Å². The molecule has 0 aliphatic heterocycles. The molecule has 2 atom stereocenters. The van der Waals surface area contributed by atoms with Gasteiger partial charge in [-0.1, -0.05) is 44.2 Å². The molecule has 2 unspecified atom stereocenters. The molecule has 6 heteroatoms. The Labute approximate surface area is 157 Å². The third-order valence-electron chi connectivity index (χ3n) is 5.76. The highest BCUT2D eigenvalue weighted by Crippen LogP contribution is 2.51. The molecule has 6 nitrogen and oxygen atoms in total. The molecule has 1 aromatic rings. The fourth-order valence-corrected chi connectivity index (χ4v) is 3.11. The first-order valence-corrected chi connectivity index (χ1v) is 9.03. The Hall–Kier alpha value is -2.08. The van der Waals surface area contributed by atoms with E-state index in [9.17, 15) is 4.79 Å². The van der Waals surface area contributed by atoms with Gasteiger partial charge in [-0.25, -0.2) is 4.99 Å². The predicted octanol–water partition coefficient (Wildman–Crippen LogP) is 2.01. The summed E-state index contributed by atoms with van der Waals surface area (Å²) in [6, 6.07) is 10.3. The van der Waals surface area contributed by atoms with Crippen LogP contribution in [0, 0.1) is 5.41 Å². The summed E-state index contributed by atoms with van der Waals surface area (Å²) in [5.74, 6) is 0.661. The summed E-state index contributed by atoms with van der Waals surface area (Å²) in [4.78, 5) is 18.2. The Morgan fingerprint density at radius 1 is 1.27 bits per heavy atom. The summed E-state index contributed by atoms with van der Waals surface area (Å²) in [5, 5.41) is 6.65. The van der Waals surface area contributed by atoms with Gasteiger partial charge in [-0.05, 0) is 18.9 Å². The molecular formula is C20H32N4O2. The number of amides is 1. The van der Waals surface area contributed by atoms with E-state index in [0.29, 0.717) is 12.5 Å². The first-order valence-electron chi connectivity index (χ1n) is 9.03. The normalized spacial score (nSPS) is 24.5. The van der Waals surface area contributed by atoms with Crippen LogP contribution in [0.4, 0.5) is 0 Å². The summed E-state index contributed by atoms with van der Waals surface area (Å²) in [6.07, 6.45) is 0.893. The number of carbonyl (C=O) groups excluding carboxylic acids is 1. The number of ether oxygens (including phenoxy) is 1. The van der Waals surface area contributed by atoms with E-state index in [1.807, 2.05) is 30.3 Å². The zero-order valence-corrected chi connectivity index (χ0v) is 16.8. The van der Waals surface area contributed by atoms with Gasteiger partial charge in [-0.3, -0.25) is 4.79 Å². The largest absolute Gasteiger partial charge is 0.378 e. The van der Waals surface area contributed by atoms with Gasteiger partial charge in [0.15, 0.2) is 5.96 Å². The quantitative estimate of drug-likeness (QED) is 0.602. The molecule has 1 aliphatic rings. The second-order valence-corrected chi connectivity index (χ2v) is 7.85. The topological polar surface area (TPSA) is 66.0 Å². The van der Waals surface area contributed by atoms with Crippen molar-refractivity contribution in [1.29, 1.82) is 0 Å². The minimum Gasteiger partial charge on any atom is -0.378 e. The van der Waals surface area contributed by atoms with Gasteiger partial charge < -0.3 is 20.3 Å². The molecular weight excluding hydrogens is 328 g/mol. The zero-order chi connectivity index (χ0) is 19.4. The smallest absolute Gasteiger partial charge is 0.241 e. The van der Waals surface area contributed by atoms with Crippen molar-refractivity contribution < 1.29 is 9.53 Å². The molecule has 1 aliphatic carbocycles. The van der Waals surface area contributed by atoms with Crippen molar-refractivity contribution in [3.05, 3.63) is 35.9 Å². The minimum absolute atomic E-state index is 0.00816. The Morgan fingerprint density at radius 2 is 1.92 bits per heavy atom. The molecule has 0 spiro atoms. The van der Waals surface area contributed by atoms with Gasteiger partial charge in [0.1, 0.15) is 0 Å². The molecule has 2 rings (SSSR count). The lowest BCUT2D eigenvalue weighted by atomic mass is 9.56. The number of carbonyl (C=O) groups is 1. The second kappa shape index (κ2) is 8.08. The summed E-state index contributed by atoms with van der Waals surface area (Å²) in [5.41, 5.74) is 0.930. The summed E-state index contributed by atoms with van der Waals surface area (Å²) in [7, 11) is 5.25. The molecule has 0 aromatic heterocycles. The highest BCUT2D eigenvalue weighted by atomic mass is 16.5. The summed E-state index contributed by atoms with van der Waals surface area (Å²) < 4.78 is 5.70. The van der Waals surface area contributed by atoms with Crippen LogP contribution in [0.5, 0.6) is 0 Å². The van der Waals surface area contributed by atoms with Gasteiger partial charge in [0.2, 0.25) is 5.91 Å². The Balaban J connectivity index is 2.07. The van der Waals surface area contributed by atoms with E-state index in [0.717, 1.165) is 12.0 Å². The molecule has 2 N–H and O–H groups in total. The molecule has 0 bridgehead atoms. The van der Waals surface area contributed by atoms with Crippen LogP contribution in [-0.4, -0.2) is 56.2 Å². The first-order chi connectivity index (χ1) is 12.2. The van der Waals surface area contributed by atoms with E-state index in [1.54, 1.807) is 26.1 Å². The lowest BCUT2D eigenvalue weighted by molar-refractivity contribution is -0.176. The molecule has 0 heterocycles. The number of methoxy groups -OCH3 is 1. The van der Waals surface area contributed by atoms with E-state index in [-0.39, 0.29) is 29.5 Å². The minimum atomic E-state index is -0.158. The molecule has 1 aromatic carbocycles. The Morgan fingerprint density at radius 3 is 2.46 bits per heavy atom. The van der Waals surface area contributed by atoms with Crippen molar-refractivity contribution >= 4 is 11.9 Å². The maximum absolute atomic E-state index is 11.9. The van der Waals surface area contributed by atoms with Crippen molar-refractivity contribution in [3.8, 4) is 0 Å². The molecule has 1 amide bonds. The van der Waals surface area contributed by atoms with Gasteiger partial charge in [0.25, 0.3) is 0 Å². The highest BCUT2D eigenvalue weighted by molar-refractivity contribution is 5.86. The van der Waals surface area contributed by atoms with Crippen LogP contribution < -0.4 is 10.6 Å². The van der Waals surface area contributed by atoms with Crippen molar-refractivity contribution in [1.82, 2.24) is 15.5 Å². The van der Waals surface area contributed by atoms with Crippen LogP contribution in [0.25, 0.3) is 0 Å². The number of aliphatic imine (C=N–C) groups is 1. The first kappa shape index (κ1) is 20.2. The monoisotopic (exact) mass is 360 g/mol. The molecule has 1 saturated carbocycles. The number of nitrogens with one attached hydrogen (secondary N) is 2. The summed E-state index contributed by atoms with van der Waals surface area (Å²) in [6.45, 7) is 7.28. The molecule has 1 fully saturated rings. The van der Waals surface area contributed by atoms with E-state index < -0.39 is 0 Å². The van der Waals surface area contributed by atoms with E-state index in [1.165, 1.54) is 0 Å². The van der Waals surface area contributed by atoms with Gasteiger partial charge in [0.05, 0.1) is 18.7 Å². The second-order valence-electron chi connectivity index (χ2n) is 7.85. The third kappa shape index (κ3) is 4.36. The van der Waals surface area contributed by atoms with Crippen molar-refractivity contribution in [2.45, 2.75) is 45.4 Å². The van der Waals surface area contributed by atoms with E-state index >= 15 is 0 Å². The number of rotatable bonds is 6. The van der Waals surface area contributed by atoms with Crippen molar-refractivity contribution in [2.75, 3.05) is 27.7 Å². The standard InChI is InChI=1S/C20H32N4O2/c1-19(2)16(12-20(19,3)26-6)23-18(22-14-17(25)24(4)5)21-13-15-10-8-7-9-11-15/h7-11,16H,12-14H2,1-6H3,(H2,21,22,23). The number of hydrogen-bond acceptors (Lipinski definition) is 3. The number of guanidine groups is 1. The highest BCUT2D eigenvalue weighted by Gasteiger charge is 2.58. The lowest BCUT2D eigenvalue weighted by Gasteiger charge is -2.59. The molecule has 0 radical (unpaired) electrons. The van der Waals surface area contributed by atoms with Crippen LogP contribution in [0.1, 0.15) is 32.8 Å². The maximum Gasteiger partial charge on any atom is 0.241 e. The summed E-state index contributed by atoms with van der Waals surface area (Å²) >= 11 is 0. The van der Waals surface area contributed by atoms with E-state index in [4.69, 9.17) is 4.74 Å². The molecule has 0 saturated heterocycles. The number of likely N-dealkylation sites (N-methyl/N-ethyl adjacent to an activating group) is 1. The van der Waals surface area contributed by atoms with Crippen molar-refractivity contribution in [3.63, 3.8) is 0 Å². The van der Waals surface area contributed by atoms with Crippen LogP contribution >= 0.6 is 0 Å². The van der Waals surface area contributed by atoms with Crippen LogP contribution in [0.3, 0.4) is 0 Å². The fourth-order valence-electron chi connectivity index (χ4n) is 3.11. The number of hydrogen-bond donors (Lipinski definition) is 2. The SMILES string of the molecule is COC1(C)CC(NC(=NCc2ccccc2)NCC(=O)N(C)C)C1(C)C. The zero-order valence-electron chi connectivity index (χ0n) is 16.8. The van der Waals surface area contributed by atoms with E-state index in [2.05, 4.69) is 36.4 Å². The van der Waals surface area contributed by atoms with Gasteiger partial charge in [-0.2, -0.15) is 0 Å². The average molecular weight is 361 g/mol. The van der Waals surface area contributed by atoms with Crippen LogP contribution in [0.2, 0.25) is 0 Å². The van der Waals surface area contributed by atoms with Crippen LogP contribution in [-0.2, 0) is 16.1 Å². The Kier molecular flexibility index (Phi) is 6.29. The van der Waals surface area contributed by atoms with Gasteiger partial charge in [-0.15, -0.1) is 0 Å². The third-order valence-corrected chi connectivity index (χ3v) is 5.76. The van der Waals surface area contributed by atoms with Crippen molar-refractivity contribution in [2.24, 2.45) is 10.4 Å². The predicted molar refractivity (Wildman–Crippen MR) is 105 cm³/mol. The van der Waals surface area contributed by atoms with Gasteiger partial charge in [0, 0.05) is 32.7 Å². The number of nitrogens with zero attached hydrogens (tertiary/aromatic N) is 2.